The zero-order valence-electron chi connectivity index (χ0n) is 12.4. The first-order valence-electron chi connectivity index (χ1n) is 6.82. The number of hydrogen-bond donors (Lipinski definition) is 1. The van der Waals surface area contributed by atoms with Crippen LogP contribution in [0.4, 0.5) is 11.5 Å². The maximum atomic E-state index is 12.2. The topological polar surface area (TPSA) is 103 Å². The van der Waals surface area contributed by atoms with E-state index < -0.39 is 10.8 Å². The van der Waals surface area contributed by atoms with Gasteiger partial charge >= 0.3 is 0 Å². The number of nitro benzene ring substituents is 1. The van der Waals surface area contributed by atoms with E-state index in [0.717, 1.165) is 0 Å². The lowest BCUT2D eigenvalue weighted by atomic mass is 10.3. The van der Waals surface area contributed by atoms with E-state index in [9.17, 15) is 14.9 Å². The predicted molar refractivity (Wildman–Crippen MR) is 89.3 cm³/mol. The molecule has 3 rings (SSSR count). The van der Waals surface area contributed by atoms with Gasteiger partial charge in [0.1, 0.15) is 5.82 Å². The quantitative estimate of drug-likeness (QED) is 0.540. The second-order valence-electron chi connectivity index (χ2n) is 4.91. The van der Waals surface area contributed by atoms with Gasteiger partial charge in [-0.05, 0) is 47.1 Å². The molecule has 3 aromatic rings. The third kappa shape index (κ3) is 3.20. The van der Waals surface area contributed by atoms with E-state index in [1.807, 2.05) is 0 Å². The number of anilines is 1. The van der Waals surface area contributed by atoms with Crippen LogP contribution in [0.25, 0.3) is 5.69 Å². The van der Waals surface area contributed by atoms with Crippen LogP contribution < -0.4 is 5.32 Å². The van der Waals surface area contributed by atoms with Gasteiger partial charge in [-0.25, -0.2) is 4.68 Å². The molecule has 8 nitrogen and oxygen atoms in total. The molecule has 0 aliphatic carbocycles. The van der Waals surface area contributed by atoms with Crippen LogP contribution in [0.15, 0.2) is 51.6 Å². The number of nitrogens with one attached hydrogen (secondary N) is 1. The highest BCUT2D eigenvalue weighted by Gasteiger charge is 2.15. The molecule has 0 bridgehead atoms. The summed E-state index contributed by atoms with van der Waals surface area (Å²) in [7, 11) is 0. The van der Waals surface area contributed by atoms with Crippen LogP contribution in [0.5, 0.6) is 0 Å². The number of aromatic nitrogens is 2. The number of amides is 1. The number of furan rings is 1. The summed E-state index contributed by atoms with van der Waals surface area (Å²) in [5.74, 6) is 0.151. The molecular weight excluding hydrogens is 380 g/mol. The molecule has 2 aromatic heterocycles. The molecule has 0 unspecified atom stereocenters. The van der Waals surface area contributed by atoms with E-state index in [1.165, 1.54) is 16.8 Å². The van der Waals surface area contributed by atoms with Crippen molar-refractivity contribution in [2.75, 3.05) is 5.32 Å². The number of non-ortho nitro benzene ring substituents is 1. The predicted octanol–water partition coefficient (Wildman–Crippen LogP) is 3.70. The van der Waals surface area contributed by atoms with Crippen molar-refractivity contribution < 1.29 is 14.1 Å². The highest BCUT2D eigenvalue weighted by Crippen LogP contribution is 2.21. The van der Waals surface area contributed by atoms with Crippen molar-refractivity contribution in [3.63, 3.8) is 0 Å². The SMILES string of the molecule is Cc1cc(NC(=O)c2ccc(Br)o2)n(-c2ccc([N+](=O)[O-])cc2)n1. The summed E-state index contributed by atoms with van der Waals surface area (Å²) in [6.45, 7) is 1.78. The minimum atomic E-state index is -0.477. The molecule has 0 fully saturated rings. The van der Waals surface area contributed by atoms with Crippen LogP contribution in [0.2, 0.25) is 0 Å². The first kappa shape index (κ1) is 15.9. The largest absolute Gasteiger partial charge is 0.444 e. The second-order valence-corrected chi connectivity index (χ2v) is 5.70. The van der Waals surface area contributed by atoms with Gasteiger partial charge in [0.25, 0.3) is 11.6 Å². The second kappa shape index (κ2) is 6.28. The lowest BCUT2D eigenvalue weighted by Crippen LogP contribution is -2.14. The fraction of sp³-hybridized carbons (Fsp3) is 0.0667. The molecule has 0 saturated carbocycles. The number of benzene rings is 1. The summed E-state index contributed by atoms with van der Waals surface area (Å²) in [6, 6.07) is 10.7. The Morgan fingerprint density at radius 3 is 2.58 bits per heavy atom. The van der Waals surface area contributed by atoms with Crippen molar-refractivity contribution in [2.24, 2.45) is 0 Å². The van der Waals surface area contributed by atoms with Gasteiger partial charge in [-0.2, -0.15) is 5.10 Å². The molecule has 0 radical (unpaired) electrons. The van der Waals surface area contributed by atoms with Crippen LogP contribution in [-0.2, 0) is 0 Å². The van der Waals surface area contributed by atoms with Gasteiger partial charge in [0, 0.05) is 18.2 Å². The Morgan fingerprint density at radius 2 is 2.00 bits per heavy atom. The number of hydrogen-bond acceptors (Lipinski definition) is 5. The fourth-order valence-corrected chi connectivity index (χ4v) is 2.42. The van der Waals surface area contributed by atoms with Gasteiger partial charge < -0.3 is 9.73 Å². The zero-order chi connectivity index (χ0) is 17.3. The Labute approximate surface area is 144 Å². The molecule has 1 N–H and O–H groups in total. The van der Waals surface area contributed by atoms with Gasteiger partial charge in [0.15, 0.2) is 10.4 Å². The lowest BCUT2D eigenvalue weighted by Gasteiger charge is -2.07. The fourth-order valence-electron chi connectivity index (χ4n) is 2.12. The van der Waals surface area contributed by atoms with E-state index in [1.54, 1.807) is 37.3 Å². The Kier molecular flexibility index (Phi) is 4.17. The van der Waals surface area contributed by atoms with Crippen molar-refractivity contribution in [1.82, 2.24) is 9.78 Å². The molecule has 122 valence electrons. The average molecular weight is 391 g/mol. The molecule has 9 heteroatoms. The number of nitro groups is 1. The highest BCUT2D eigenvalue weighted by molar-refractivity contribution is 9.10. The third-order valence-electron chi connectivity index (χ3n) is 3.18. The van der Waals surface area contributed by atoms with Crippen molar-refractivity contribution in [1.29, 1.82) is 0 Å². The van der Waals surface area contributed by atoms with Crippen molar-refractivity contribution in [2.45, 2.75) is 6.92 Å². The Bertz CT molecular complexity index is 914. The summed E-state index contributed by atoms with van der Waals surface area (Å²) in [5.41, 5.74) is 1.25. The Hall–Kier alpha value is -2.94. The number of halogens is 1. The van der Waals surface area contributed by atoms with Crippen LogP contribution in [-0.4, -0.2) is 20.6 Å². The molecule has 2 heterocycles. The molecule has 0 spiro atoms. The van der Waals surface area contributed by atoms with Crippen LogP contribution in [0.1, 0.15) is 16.2 Å². The molecule has 24 heavy (non-hydrogen) atoms. The number of carbonyl (C=O) groups is 1. The summed E-state index contributed by atoms with van der Waals surface area (Å²) >= 11 is 3.14. The summed E-state index contributed by atoms with van der Waals surface area (Å²) in [6.07, 6.45) is 0. The first-order valence-corrected chi connectivity index (χ1v) is 7.61. The number of nitrogens with zero attached hydrogens (tertiary/aromatic N) is 3. The van der Waals surface area contributed by atoms with E-state index in [2.05, 4.69) is 26.3 Å². The van der Waals surface area contributed by atoms with Crippen LogP contribution in [0, 0.1) is 17.0 Å². The maximum Gasteiger partial charge on any atom is 0.292 e. The minimum Gasteiger partial charge on any atom is -0.444 e. The van der Waals surface area contributed by atoms with E-state index in [4.69, 9.17) is 4.42 Å². The molecular formula is C15H11BrN4O4. The molecule has 1 amide bonds. The summed E-state index contributed by atoms with van der Waals surface area (Å²) in [4.78, 5) is 22.5. The van der Waals surface area contributed by atoms with Crippen molar-refractivity contribution in [3.05, 3.63) is 68.7 Å². The zero-order valence-corrected chi connectivity index (χ0v) is 14.0. The van der Waals surface area contributed by atoms with Gasteiger partial charge in [-0.3, -0.25) is 14.9 Å². The standard InChI is InChI=1S/C15H11BrN4O4/c1-9-8-14(17-15(21)12-6-7-13(16)24-12)19(18-9)10-2-4-11(5-3-10)20(22)23/h2-8H,1H3,(H,17,21). The summed E-state index contributed by atoms with van der Waals surface area (Å²) < 4.78 is 7.16. The van der Waals surface area contributed by atoms with Crippen molar-refractivity contribution >= 4 is 33.3 Å². The molecule has 0 aliphatic heterocycles. The lowest BCUT2D eigenvalue weighted by molar-refractivity contribution is -0.384. The molecule has 0 atom stereocenters. The monoisotopic (exact) mass is 390 g/mol. The van der Waals surface area contributed by atoms with E-state index in [0.29, 0.717) is 21.9 Å². The number of carbonyl (C=O) groups excluding carboxylic acids is 1. The summed E-state index contributed by atoms with van der Waals surface area (Å²) in [5, 5.41) is 17.7. The van der Waals surface area contributed by atoms with E-state index >= 15 is 0 Å². The first-order chi connectivity index (χ1) is 11.4. The third-order valence-corrected chi connectivity index (χ3v) is 3.60. The van der Waals surface area contributed by atoms with Gasteiger partial charge in [-0.1, -0.05) is 0 Å². The Morgan fingerprint density at radius 1 is 1.29 bits per heavy atom. The molecule has 0 saturated heterocycles. The Balaban J connectivity index is 1.90. The van der Waals surface area contributed by atoms with Gasteiger partial charge in [0.2, 0.25) is 0 Å². The highest BCUT2D eigenvalue weighted by atomic mass is 79.9. The number of rotatable bonds is 4. The number of aryl methyl sites for hydroxylation is 1. The smallest absolute Gasteiger partial charge is 0.292 e. The molecule has 0 aliphatic rings. The normalized spacial score (nSPS) is 10.6. The van der Waals surface area contributed by atoms with Gasteiger partial charge in [-0.15, -0.1) is 0 Å². The van der Waals surface area contributed by atoms with Crippen LogP contribution >= 0.6 is 15.9 Å². The van der Waals surface area contributed by atoms with E-state index in [-0.39, 0.29) is 11.4 Å². The van der Waals surface area contributed by atoms with Crippen molar-refractivity contribution in [3.8, 4) is 5.69 Å². The maximum absolute atomic E-state index is 12.2. The molecule has 1 aromatic carbocycles. The average Bonchev–Trinajstić information content (AvgIpc) is 3.13. The van der Waals surface area contributed by atoms with Gasteiger partial charge in [0.05, 0.1) is 16.3 Å². The minimum absolute atomic E-state index is 0.0198. The van der Waals surface area contributed by atoms with Crippen LogP contribution in [0.3, 0.4) is 0 Å².